The molecule has 0 amide bonds. The zero-order chi connectivity index (χ0) is 17.4. The van der Waals surface area contributed by atoms with Gasteiger partial charge < -0.3 is 20.4 Å². The Morgan fingerprint density at radius 2 is 1.67 bits per heavy atom. The van der Waals surface area contributed by atoms with E-state index in [1.165, 1.54) is 0 Å². The number of hydrogen-bond donors (Lipinski definition) is 4. The molecule has 5 nitrogen and oxygen atoms in total. The van der Waals surface area contributed by atoms with Gasteiger partial charge in [0.1, 0.15) is 0 Å². The molecular weight excluding hydrogens is 306 g/mol. The molecule has 1 aromatic heterocycles. The second-order valence-corrected chi connectivity index (χ2v) is 7.24. The molecule has 4 atom stereocenters. The monoisotopic (exact) mass is 335 g/mol. The van der Waals surface area contributed by atoms with Gasteiger partial charge in [-0.05, 0) is 31.6 Å². The molecular formula is C19H29NO4. The maximum absolute atomic E-state index is 10.9. The molecule has 2 aliphatic rings. The molecule has 4 unspecified atom stereocenters. The summed E-state index contributed by atoms with van der Waals surface area (Å²) in [4.78, 5) is 0. The minimum Gasteiger partial charge on any atom is -0.494 e. The number of hydrogen-bond acceptors (Lipinski definition) is 4. The van der Waals surface area contributed by atoms with E-state index in [0.717, 1.165) is 31.2 Å². The molecule has 0 aliphatic heterocycles. The highest BCUT2D eigenvalue weighted by atomic mass is 16.3. The van der Waals surface area contributed by atoms with Gasteiger partial charge in [-0.15, -0.1) is 0 Å². The first kappa shape index (κ1) is 17.4. The van der Waals surface area contributed by atoms with Crippen molar-refractivity contribution in [3.05, 3.63) is 23.3 Å². The van der Waals surface area contributed by atoms with Crippen LogP contribution in [0.1, 0.15) is 69.0 Å². The third-order valence-electron chi connectivity index (χ3n) is 5.74. The lowest BCUT2D eigenvalue weighted by Crippen LogP contribution is -2.38. The Morgan fingerprint density at radius 1 is 1.04 bits per heavy atom. The van der Waals surface area contributed by atoms with Crippen molar-refractivity contribution < 1.29 is 20.4 Å². The Kier molecular flexibility index (Phi) is 4.92. The van der Waals surface area contributed by atoms with E-state index in [1.807, 2.05) is 0 Å². The first-order valence-corrected chi connectivity index (χ1v) is 9.20. The minimum absolute atomic E-state index is 0.0604. The van der Waals surface area contributed by atoms with Crippen molar-refractivity contribution in [1.29, 1.82) is 0 Å². The van der Waals surface area contributed by atoms with Crippen molar-refractivity contribution in [1.82, 2.24) is 4.57 Å². The van der Waals surface area contributed by atoms with E-state index in [4.69, 9.17) is 0 Å². The summed E-state index contributed by atoms with van der Waals surface area (Å²) in [6, 6.07) is 0.0604. The van der Waals surface area contributed by atoms with Gasteiger partial charge in [-0.3, -0.25) is 4.57 Å². The number of aromatic nitrogens is 1. The van der Waals surface area contributed by atoms with Crippen LogP contribution in [0.25, 0.3) is 0 Å². The van der Waals surface area contributed by atoms with Crippen LogP contribution in [-0.2, 0) is 6.42 Å². The van der Waals surface area contributed by atoms with Crippen molar-refractivity contribution in [2.45, 2.75) is 76.5 Å². The van der Waals surface area contributed by atoms with Crippen LogP contribution in [0.5, 0.6) is 11.8 Å². The SMILES string of the molecule is CCCC(CCC)n1c(O)c2c(c1O)C1C(O)C=CC(O)C1CC2. The highest BCUT2D eigenvalue weighted by Crippen LogP contribution is 2.52. The van der Waals surface area contributed by atoms with E-state index in [-0.39, 0.29) is 29.6 Å². The topological polar surface area (TPSA) is 85.9 Å². The lowest BCUT2D eigenvalue weighted by molar-refractivity contribution is 0.0576. The normalized spacial score (nSPS) is 28.9. The fourth-order valence-corrected chi connectivity index (χ4v) is 4.64. The summed E-state index contributed by atoms with van der Waals surface area (Å²) >= 11 is 0. The molecule has 3 rings (SSSR count). The molecule has 0 saturated heterocycles. The number of nitrogens with zero attached hydrogens (tertiary/aromatic N) is 1. The zero-order valence-corrected chi connectivity index (χ0v) is 14.5. The maximum atomic E-state index is 10.9. The molecule has 2 aliphatic carbocycles. The van der Waals surface area contributed by atoms with Crippen LogP contribution in [0.15, 0.2) is 12.2 Å². The predicted octanol–water partition coefficient (Wildman–Crippen LogP) is 2.98. The molecule has 0 bridgehead atoms. The van der Waals surface area contributed by atoms with Crippen LogP contribution >= 0.6 is 0 Å². The molecule has 1 heterocycles. The van der Waals surface area contributed by atoms with Gasteiger partial charge >= 0.3 is 0 Å². The van der Waals surface area contributed by atoms with E-state index >= 15 is 0 Å². The Morgan fingerprint density at radius 3 is 2.29 bits per heavy atom. The molecule has 0 saturated carbocycles. The first-order chi connectivity index (χ1) is 11.5. The molecule has 4 N–H and O–H groups in total. The van der Waals surface area contributed by atoms with Crippen LogP contribution in [0.2, 0.25) is 0 Å². The Labute approximate surface area is 143 Å². The average molecular weight is 335 g/mol. The Balaban J connectivity index is 2.08. The molecule has 0 fully saturated rings. The van der Waals surface area contributed by atoms with Crippen LogP contribution in [0.4, 0.5) is 0 Å². The summed E-state index contributed by atoms with van der Waals surface area (Å²) in [5, 5.41) is 42.4. The van der Waals surface area contributed by atoms with Gasteiger partial charge in [-0.25, -0.2) is 0 Å². The van der Waals surface area contributed by atoms with Gasteiger partial charge in [0.05, 0.1) is 12.2 Å². The third-order valence-corrected chi connectivity index (χ3v) is 5.74. The van der Waals surface area contributed by atoms with Gasteiger partial charge in [-0.2, -0.15) is 0 Å². The molecule has 134 valence electrons. The summed E-state index contributed by atoms with van der Waals surface area (Å²) in [7, 11) is 0. The van der Waals surface area contributed by atoms with Crippen LogP contribution < -0.4 is 0 Å². The van der Waals surface area contributed by atoms with Crippen LogP contribution in [0.3, 0.4) is 0 Å². The quantitative estimate of drug-likeness (QED) is 0.623. The molecule has 0 radical (unpaired) electrons. The largest absolute Gasteiger partial charge is 0.494 e. The highest BCUT2D eigenvalue weighted by Gasteiger charge is 2.44. The fraction of sp³-hybridized carbons (Fsp3) is 0.684. The van der Waals surface area contributed by atoms with Gasteiger partial charge in [0.15, 0.2) is 11.8 Å². The van der Waals surface area contributed by atoms with Crippen molar-refractivity contribution in [2.24, 2.45) is 5.92 Å². The Hall–Kier alpha value is -1.46. The predicted molar refractivity (Wildman–Crippen MR) is 92.3 cm³/mol. The highest BCUT2D eigenvalue weighted by molar-refractivity contribution is 5.51. The fourth-order valence-electron chi connectivity index (χ4n) is 4.64. The van der Waals surface area contributed by atoms with Gasteiger partial charge in [0, 0.05) is 23.1 Å². The Bertz CT molecular complexity index is 615. The van der Waals surface area contributed by atoms with Crippen LogP contribution in [0, 0.1) is 5.92 Å². The number of aliphatic hydroxyl groups is 2. The van der Waals surface area contributed by atoms with Gasteiger partial charge in [0.25, 0.3) is 0 Å². The average Bonchev–Trinajstić information content (AvgIpc) is 2.82. The van der Waals surface area contributed by atoms with Crippen molar-refractivity contribution in [2.75, 3.05) is 0 Å². The van der Waals surface area contributed by atoms with E-state index in [2.05, 4.69) is 13.8 Å². The van der Waals surface area contributed by atoms with E-state index in [0.29, 0.717) is 18.4 Å². The van der Waals surface area contributed by atoms with Gasteiger partial charge in [0.2, 0.25) is 0 Å². The van der Waals surface area contributed by atoms with E-state index in [9.17, 15) is 20.4 Å². The summed E-state index contributed by atoms with van der Waals surface area (Å²) < 4.78 is 1.66. The lowest BCUT2D eigenvalue weighted by Gasteiger charge is -2.38. The molecule has 24 heavy (non-hydrogen) atoms. The molecule has 5 heteroatoms. The molecule has 0 aromatic carbocycles. The van der Waals surface area contributed by atoms with E-state index < -0.39 is 12.2 Å². The summed E-state index contributed by atoms with van der Waals surface area (Å²) in [6.07, 6.45) is 6.93. The summed E-state index contributed by atoms with van der Waals surface area (Å²) in [6.45, 7) is 4.20. The number of fused-ring (bicyclic) bond motifs is 3. The molecule has 0 spiro atoms. The first-order valence-electron chi connectivity index (χ1n) is 9.20. The van der Waals surface area contributed by atoms with Gasteiger partial charge in [-0.1, -0.05) is 38.8 Å². The van der Waals surface area contributed by atoms with Crippen LogP contribution in [-0.4, -0.2) is 37.2 Å². The van der Waals surface area contributed by atoms with Crippen molar-refractivity contribution in [3.8, 4) is 11.8 Å². The maximum Gasteiger partial charge on any atom is 0.198 e. The number of rotatable bonds is 5. The third kappa shape index (κ3) is 2.64. The van der Waals surface area contributed by atoms with Crippen molar-refractivity contribution in [3.63, 3.8) is 0 Å². The standard InChI is InChI=1S/C19H29NO4/c1-3-5-11(6-4-2)20-18(23)13-8-7-12-14(21)9-10-15(22)16(12)17(13)19(20)24/h9-12,14-16,21-24H,3-8H2,1-2H3. The molecule has 1 aromatic rings. The number of aromatic hydroxyl groups is 2. The van der Waals surface area contributed by atoms with E-state index in [1.54, 1.807) is 16.7 Å². The second-order valence-electron chi connectivity index (χ2n) is 7.24. The lowest BCUT2D eigenvalue weighted by atomic mass is 9.69. The minimum atomic E-state index is -0.741. The number of aliphatic hydroxyl groups excluding tert-OH is 2. The van der Waals surface area contributed by atoms with Crippen molar-refractivity contribution >= 4 is 0 Å². The zero-order valence-electron chi connectivity index (χ0n) is 14.5. The smallest absolute Gasteiger partial charge is 0.198 e. The summed E-state index contributed by atoms with van der Waals surface area (Å²) in [5.41, 5.74) is 1.38. The second kappa shape index (κ2) is 6.81. The summed E-state index contributed by atoms with van der Waals surface area (Å²) in [5.74, 6) is -0.256.